The van der Waals surface area contributed by atoms with Crippen LogP contribution >= 0.6 is 0 Å². The molecule has 0 saturated heterocycles. The second-order valence-corrected chi connectivity index (χ2v) is 5.13. The summed E-state index contributed by atoms with van der Waals surface area (Å²) in [6.07, 6.45) is -18.7. The van der Waals surface area contributed by atoms with E-state index in [1.165, 1.54) is 0 Å². The molecule has 17 heteroatoms. The molecule has 0 rings (SSSR count). The first-order chi connectivity index (χ1) is 11.4. The molecular formula is C10H5F17. The molecule has 0 aliphatic carbocycles. The van der Waals surface area contributed by atoms with E-state index in [1.54, 1.807) is 0 Å². The van der Waals surface area contributed by atoms with Crippen LogP contribution in [-0.2, 0) is 0 Å². The fourth-order valence-electron chi connectivity index (χ4n) is 1.54. The Bertz CT molecular complexity index is 512. The van der Waals surface area contributed by atoms with Crippen molar-refractivity contribution in [2.75, 3.05) is 0 Å². The van der Waals surface area contributed by atoms with Crippen molar-refractivity contribution < 1.29 is 74.6 Å². The lowest BCUT2D eigenvalue weighted by molar-refractivity contribution is -0.442. The van der Waals surface area contributed by atoms with Crippen LogP contribution in [0.5, 0.6) is 0 Å². The molecule has 0 aliphatic heterocycles. The summed E-state index contributed by atoms with van der Waals surface area (Å²) in [6, 6.07) is 0. The van der Waals surface area contributed by atoms with Gasteiger partial charge < -0.3 is 0 Å². The standard InChI is InChI=1S/C10H5F17/c11-3(12)1-4(13,14)2-5(15,16)6(17,18)7(19,20)8(21,22)9(23,24)10(25,26)27/h3H,1-2H2. The smallest absolute Gasteiger partial charge is 0.210 e. The van der Waals surface area contributed by atoms with Crippen LogP contribution in [0.25, 0.3) is 0 Å². The normalized spacial score (nSPS) is 16.2. The Kier molecular flexibility index (Phi) is 6.41. The van der Waals surface area contributed by atoms with Crippen molar-refractivity contribution in [2.45, 2.75) is 61.0 Å². The molecule has 27 heavy (non-hydrogen) atoms. The zero-order valence-corrected chi connectivity index (χ0v) is 11.9. The van der Waals surface area contributed by atoms with Gasteiger partial charge in [0.25, 0.3) is 5.92 Å². The van der Waals surface area contributed by atoms with Gasteiger partial charge in [-0.1, -0.05) is 0 Å². The van der Waals surface area contributed by atoms with E-state index in [-0.39, 0.29) is 0 Å². The summed E-state index contributed by atoms with van der Waals surface area (Å²) in [6.45, 7) is 0. The minimum atomic E-state index is -8.23. The third-order valence-corrected chi connectivity index (χ3v) is 2.93. The monoisotopic (exact) mass is 448 g/mol. The largest absolute Gasteiger partial charge is 0.460 e. The summed E-state index contributed by atoms with van der Waals surface area (Å²) in [5.74, 6) is -45.1. The van der Waals surface area contributed by atoms with Gasteiger partial charge in [0.2, 0.25) is 6.43 Å². The van der Waals surface area contributed by atoms with Crippen LogP contribution in [0.2, 0.25) is 0 Å². The van der Waals surface area contributed by atoms with Gasteiger partial charge in [-0.05, 0) is 0 Å². The maximum atomic E-state index is 13.1. The molecule has 0 N–H and O–H groups in total. The van der Waals surface area contributed by atoms with E-state index in [9.17, 15) is 74.6 Å². The molecule has 0 aromatic rings. The van der Waals surface area contributed by atoms with E-state index in [0.29, 0.717) is 0 Å². The second-order valence-electron chi connectivity index (χ2n) is 5.13. The molecular weight excluding hydrogens is 443 g/mol. The van der Waals surface area contributed by atoms with E-state index >= 15 is 0 Å². The van der Waals surface area contributed by atoms with Gasteiger partial charge in [-0.15, -0.1) is 0 Å². The predicted molar refractivity (Wildman–Crippen MR) is 51.0 cm³/mol. The number of hydrogen-bond acceptors (Lipinski definition) is 0. The quantitative estimate of drug-likeness (QED) is 0.377. The number of hydrogen-bond donors (Lipinski definition) is 0. The van der Waals surface area contributed by atoms with Gasteiger partial charge in [-0.2, -0.15) is 57.1 Å². The third kappa shape index (κ3) is 4.30. The van der Waals surface area contributed by atoms with E-state index in [4.69, 9.17) is 0 Å². The highest BCUT2D eigenvalue weighted by molar-refractivity contribution is 5.10. The van der Waals surface area contributed by atoms with Crippen LogP contribution in [0.4, 0.5) is 74.6 Å². The van der Waals surface area contributed by atoms with E-state index < -0.39 is 61.0 Å². The van der Waals surface area contributed by atoms with E-state index in [0.717, 1.165) is 0 Å². The Labute approximate surface area is 137 Å². The maximum absolute atomic E-state index is 13.1. The van der Waals surface area contributed by atoms with Crippen molar-refractivity contribution >= 4 is 0 Å². The van der Waals surface area contributed by atoms with Crippen molar-refractivity contribution in [1.29, 1.82) is 0 Å². The fourth-order valence-corrected chi connectivity index (χ4v) is 1.54. The van der Waals surface area contributed by atoms with Gasteiger partial charge in [0.15, 0.2) is 0 Å². The lowest BCUT2D eigenvalue weighted by Crippen LogP contribution is -2.70. The molecule has 0 radical (unpaired) electrons. The second kappa shape index (κ2) is 6.70. The minimum Gasteiger partial charge on any atom is -0.210 e. The molecule has 0 aromatic heterocycles. The predicted octanol–water partition coefficient (Wildman–Crippen LogP) is 6.41. The summed E-state index contributed by atoms with van der Waals surface area (Å²) >= 11 is 0. The van der Waals surface area contributed by atoms with Gasteiger partial charge >= 0.3 is 35.8 Å². The van der Waals surface area contributed by atoms with Gasteiger partial charge in [0, 0.05) is 0 Å². The Morgan fingerprint density at radius 2 is 0.815 bits per heavy atom. The van der Waals surface area contributed by atoms with Crippen LogP contribution in [0.15, 0.2) is 0 Å². The first-order valence-electron chi connectivity index (χ1n) is 5.99. The van der Waals surface area contributed by atoms with Crippen LogP contribution in [0.3, 0.4) is 0 Å². The molecule has 0 nitrogen and oxygen atoms in total. The van der Waals surface area contributed by atoms with Crippen LogP contribution in [-0.4, -0.2) is 48.1 Å². The summed E-state index contributed by atoms with van der Waals surface area (Å²) in [5, 5.41) is 0. The molecule has 164 valence electrons. The van der Waals surface area contributed by atoms with Crippen molar-refractivity contribution in [3.8, 4) is 0 Å². The zero-order chi connectivity index (χ0) is 22.5. The van der Waals surface area contributed by atoms with Gasteiger partial charge in [-0.25, -0.2) is 17.6 Å². The molecule has 0 amide bonds. The summed E-state index contributed by atoms with van der Waals surface area (Å²) < 4.78 is 213. The summed E-state index contributed by atoms with van der Waals surface area (Å²) in [7, 11) is 0. The zero-order valence-electron chi connectivity index (χ0n) is 11.9. The van der Waals surface area contributed by atoms with E-state index in [1.807, 2.05) is 0 Å². The van der Waals surface area contributed by atoms with Gasteiger partial charge in [0.1, 0.15) is 0 Å². The Hall–Kier alpha value is -1.19. The highest BCUT2D eigenvalue weighted by Crippen LogP contribution is 2.61. The average Bonchev–Trinajstić information content (AvgIpc) is 2.32. The highest BCUT2D eigenvalue weighted by atomic mass is 19.4. The maximum Gasteiger partial charge on any atom is 0.460 e. The lowest BCUT2D eigenvalue weighted by atomic mass is 9.91. The van der Waals surface area contributed by atoms with Crippen LogP contribution in [0.1, 0.15) is 12.8 Å². The van der Waals surface area contributed by atoms with Crippen molar-refractivity contribution in [2.24, 2.45) is 0 Å². The molecule has 0 aliphatic rings. The van der Waals surface area contributed by atoms with Crippen molar-refractivity contribution in [3.05, 3.63) is 0 Å². The Morgan fingerprint density at radius 1 is 0.481 bits per heavy atom. The molecule has 0 unspecified atom stereocenters. The molecule has 0 saturated carbocycles. The average molecular weight is 448 g/mol. The molecule has 0 spiro atoms. The van der Waals surface area contributed by atoms with Crippen molar-refractivity contribution in [1.82, 2.24) is 0 Å². The number of rotatable bonds is 8. The Balaban J connectivity index is 6.16. The third-order valence-electron chi connectivity index (χ3n) is 2.93. The Morgan fingerprint density at radius 3 is 1.11 bits per heavy atom. The summed E-state index contributed by atoms with van der Waals surface area (Å²) in [5.41, 5.74) is 0. The fraction of sp³-hybridized carbons (Fsp3) is 1.00. The van der Waals surface area contributed by atoms with Crippen LogP contribution < -0.4 is 0 Å². The summed E-state index contributed by atoms with van der Waals surface area (Å²) in [4.78, 5) is 0. The topological polar surface area (TPSA) is 0 Å². The number of halogens is 17. The minimum absolute atomic E-state index is 2.95. The molecule has 0 heterocycles. The first-order valence-corrected chi connectivity index (χ1v) is 5.99. The van der Waals surface area contributed by atoms with Crippen molar-refractivity contribution in [3.63, 3.8) is 0 Å². The molecule has 0 fully saturated rings. The van der Waals surface area contributed by atoms with Gasteiger partial charge in [0.05, 0.1) is 12.8 Å². The molecule has 0 bridgehead atoms. The number of alkyl halides is 17. The van der Waals surface area contributed by atoms with E-state index in [2.05, 4.69) is 0 Å². The van der Waals surface area contributed by atoms with Gasteiger partial charge in [-0.3, -0.25) is 0 Å². The lowest BCUT2D eigenvalue weighted by Gasteiger charge is -2.40. The van der Waals surface area contributed by atoms with Crippen LogP contribution in [0, 0.1) is 0 Å². The SMILES string of the molecule is FC(F)CC(F)(F)CC(F)(F)C(F)(F)C(F)(F)C(F)(F)C(F)(F)C(F)(F)F. The highest BCUT2D eigenvalue weighted by Gasteiger charge is 2.90. The molecule has 0 aromatic carbocycles. The first kappa shape index (κ1) is 25.8. The molecule has 0 atom stereocenters.